The fourth-order valence-electron chi connectivity index (χ4n) is 3.26. The second-order valence-electron chi connectivity index (χ2n) is 7.09. The Balaban J connectivity index is 1.57. The number of aromatic nitrogens is 2. The first-order valence-corrected chi connectivity index (χ1v) is 10.4. The number of carbonyl (C=O) groups excluding carboxylic acids is 2. The van der Waals surface area contributed by atoms with E-state index in [9.17, 15) is 9.59 Å². The van der Waals surface area contributed by atoms with Gasteiger partial charge in [-0.3, -0.25) is 9.59 Å². The Bertz CT molecular complexity index is 1360. The number of fused-ring (bicyclic) bond motifs is 1. The zero-order chi connectivity index (χ0) is 23.4. The molecule has 2 aromatic carbocycles. The number of nitrogens with zero attached hydrogens (tertiary/aromatic N) is 2. The van der Waals surface area contributed by atoms with E-state index in [1.54, 1.807) is 24.3 Å². The number of hydrogen-bond donors (Lipinski definition) is 0. The highest BCUT2D eigenvalue weighted by molar-refractivity contribution is 6.32. The molecule has 2 aromatic heterocycles. The Morgan fingerprint density at radius 2 is 1.82 bits per heavy atom. The van der Waals surface area contributed by atoms with Crippen LogP contribution in [-0.2, 0) is 11.2 Å². The van der Waals surface area contributed by atoms with Crippen LogP contribution in [0.3, 0.4) is 0 Å². The molecule has 0 bridgehead atoms. The van der Waals surface area contributed by atoms with Crippen LogP contribution < -0.4 is 14.2 Å². The van der Waals surface area contributed by atoms with Crippen LogP contribution in [0.25, 0.3) is 10.9 Å². The van der Waals surface area contributed by atoms with Crippen molar-refractivity contribution in [1.82, 2.24) is 9.97 Å². The van der Waals surface area contributed by atoms with Gasteiger partial charge < -0.3 is 14.2 Å². The van der Waals surface area contributed by atoms with Crippen molar-refractivity contribution in [2.75, 3.05) is 7.11 Å². The first kappa shape index (κ1) is 22.2. The highest BCUT2D eigenvalue weighted by Gasteiger charge is 2.21. The Kier molecular flexibility index (Phi) is 6.51. The molecule has 0 saturated heterocycles. The van der Waals surface area contributed by atoms with Crippen molar-refractivity contribution >= 4 is 34.3 Å². The molecule has 166 valence electrons. The Morgan fingerprint density at radius 3 is 2.58 bits per heavy atom. The van der Waals surface area contributed by atoms with Gasteiger partial charge in [0.1, 0.15) is 5.75 Å². The zero-order valence-corrected chi connectivity index (χ0v) is 18.6. The molecule has 0 aliphatic rings. The number of para-hydroxylation sites is 1. The SMILES string of the molecule is COc1ccnc(C(=O)Cc2ccc3nc(Oc4ccccc4Cl)ccc3c2)c1OC(C)=O. The number of benzene rings is 2. The van der Waals surface area contributed by atoms with Crippen LogP contribution in [-0.4, -0.2) is 28.8 Å². The lowest BCUT2D eigenvalue weighted by Gasteiger charge is -2.11. The smallest absolute Gasteiger partial charge is 0.308 e. The molecule has 0 unspecified atom stereocenters. The van der Waals surface area contributed by atoms with Crippen molar-refractivity contribution in [3.8, 4) is 23.1 Å². The summed E-state index contributed by atoms with van der Waals surface area (Å²) in [6.07, 6.45) is 1.49. The van der Waals surface area contributed by atoms with Crippen LogP contribution in [0, 0.1) is 0 Å². The lowest BCUT2D eigenvalue weighted by atomic mass is 10.0. The minimum atomic E-state index is -0.568. The van der Waals surface area contributed by atoms with Crippen molar-refractivity contribution in [3.63, 3.8) is 0 Å². The van der Waals surface area contributed by atoms with Gasteiger partial charge in [0.05, 0.1) is 17.6 Å². The van der Waals surface area contributed by atoms with Crippen LogP contribution in [0.4, 0.5) is 0 Å². The summed E-state index contributed by atoms with van der Waals surface area (Å²) in [6.45, 7) is 1.25. The second-order valence-corrected chi connectivity index (χ2v) is 7.50. The molecule has 0 aliphatic heterocycles. The summed E-state index contributed by atoms with van der Waals surface area (Å²) in [5, 5.41) is 1.33. The molecule has 0 radical (unpaired) electrons. The number of methoxy groups -OCH3 is 1. The first-order chi connectivity index (χ1) is 15.9. The van der Waals surface area contributed by atoms with Crippen LogP contribution in [0.5, 0.6) is 23.1 Å². The predicted molar refractivity (Wildman–Crippen MR) is 123 cm³/mol. The van der Waals surface area contributed by atoms with Gasteiger partial charge in [-0.2, -0.15) is 0 Å². The minimum absolute atomic E-state index is 0.0151. The van der Waals surface area contributed by atoms with Crippen molar-refractivity contribution < 1.29 is 23.8 Å². The largest absolute Gasteiger partial charge is 0.493 e. The third kappa shape index (κ3) is 5.10. The van der Waals surface area contributed by atoms with E-state index in [2.05, 4.69) is 9.97 Å². The normalized spacial score (nSPS) is 10.6. The molecule has 0 N–H and O–H groups in total. The van der Waals surface area contributed by atoms with Gasteiger partial charge in [0.2, 0.25) is 11.6 Å². The summed E-state index contributed by atoms with van der Waals surface area (Å²) < 4.78 is 16.2. The number of pyridine rings is 2. The van der Waals surface area contributed by atoms with E-state index in [-0.39, 0.29) is 29.4 Å². The Labute approximate surface area is 194 Å². The van der Waals surface area contributed by atoms with Gasteiger partial charge in [0.15, 0.2) is 17.2 Å². The molecule has 0 fully saturated rings. The molecule has 0 amide bonds. The van der Waals surface area contributed by atoms with E-state index < -0.39 is 5.97 Å². The minimum Gasteiger partial charge on any atom is -0.493 e. The number of Topliss-reactive ketones (excluding diaryl/α,β-unsaturated/α-hetero) is 1. The number of esters is 1. The van der Waals surface area contributed by atoms with Gasteiger partial charge >= 0.3 is 5.97 Å². The van der Waals surface area contributed by atoms with E-state index in [4.69, 9.17) is 25.8 Å². The number of rotatable bonds is 7. The lowest BCUT2D eigenvalue weighted by molar-refractivity contribution is -0.132. The van der Waals surface area contributed by atoms with Crippen molar-refractivity contribution in [2.24, 2.45) is 0 Å². The predicted octanol–water partition coefficient (Wildman–Crippen LogP) is 5.43. The fourth-order valence-corrected chi connectivity index (χ4v) is 3.44. The number of halogens is 1. The van der Waals surface area contributed by atoms with Gasteiger partial charge in [-0.15, -0.1) is 0 Å². The van der Waals surface area contributed by atoms with Gasteiger partial charge in [0, 0.05) is 37.1 Å². The maximum atomic E-state index is 13.0. The number of hydrogen-bond acceptors (Lipinski definition) is 7. The monoisotopic (exact) mass is 462 g/mol. The molecule has 0 saturated carbocycles. The van der Waals surface area contributed by atoms with Crippen molar-refractivity contribution in [1.29, 1.82) is 0 Å². The summed E-state index contributed by atoms with van der Waals surface area (Å²) in [6, 6.07) is 17.8. The average molecular weight is 463 g/mol. The van der Waals surface area contributed by atoms with Crippen LogP contribution in [0.2, 0.25) is 5.02 Å². The van der Waals surface area contributed by atoms with Crippen LogP contribution in [0.15, 0.2) is 66.9 Å². The maximum Gasteiger partial charge on any atom is 0.308 e. The summed E-state index contributed by atoms with van der Waals surface area (Å²) in [7, 11) is 1.43. The van der Waals surface area contributed by atoms with Crippen LogP contribution >= 0.6 is 11.6 Å². The highest BCUT2D eigenvalue weighted by atomic mass is 35.5. The van der Waals surface area contributed by atoms with E-state index in [0.717, 1.165) is 10.9 Å². The topological polar surface area (TPSA) is 87.6 Å². The van der Waals surface area contributed by atoms with Crippen molar-refractivity contribution in [2.45, 2.75) is 13.3 Å². The fraction of sp³-hybridized carbons (Fsp3) is 0.120. The summed E-state index contributed by atoms with van der Waals surface area (Å²) in [4.78, 5) is 33.1. The van der Waals surface area contributed by atoms with E-state index in [1.807, 2.05) is 30.3 Å². The van der Waals surface area contributed by atoms with E-state index in [1.165, 1.54) is 26.3 Å². The quantitative estimate of drug-likeness (QED) is 0.267. The van der Waals surface area contributed by atoms with Crippen molar-refractivity contribution in [3.05, 3.63) is 83.1 Å². The number of carbonyl (C=O) groups is 2. The van der Waals surface area contributed by atoms with Gasteiger partial charge in [-0.1, -0.05) is 29.8 Å². The summed E-state index contributed by atoms with van der Waals surface area (Å²) in [5.41, 5.74) is 1.49. The Hall–Kier alpha value is -3.97. The van der Waals surface area contributed by atoms with E-state index in [0.29, 0.717) is 22.2 Å². The maximum absolute atomic E-state index is 13.0. The van der Waals surface area contributed by atoms with Gasteiger partial charge in [0.25, 0.3) is 0 Å². The standard InChI is InChI=1S/C25H19ClN2O5/c1-15(29)32-25-22(31-2)11-12-27-24(25)20(30)14-16-7-9-19-17(13-16)8-10-23(28-19)33-21-6-4-3-5-18(21)26/h3-13H,14H2,1-2H3. The highest BCUT2D eigenvalue weighted by Crippen LogP contribution is 2.31. The third-order valence-corrected chi connectivity index (χ3v) is 5.05. The average Bonchev–Trinajstić information content (AvgIpc) is 2.80. The van der Waals surface area contributed by atoms with Gasteiger partial charge in [-0.05, 0) is 35.9 Å². The molecule has 0 spiro atoms. The van der Waals surface area contributed by atoms with Gasteiger partial charge in [-0.25, -0.2) is 9.97 Å². The molecule has 0 aliphatic carbocycles. The summed E-state index contributed by atoms with van der Waals surface area (Å²) in [5.74, 6) is 0.324. The first-order valence-electron chi connectivity index (χ1n) is 10.0. The third-order valence-electron chi connectivity index (χ3n) is 4.74. The summed E-state index contributed by atoms with van der Waals surface area (Å²) >= 11 is 6.14. The molecule has 7 nitrogen and oxygen atoms in total. The molecule has 33 heavy (non-hydrogen) atoms. The molecule has 2 heterocycles. The lowest BCUT2D eigenvalue weighted by Crippen LogP contribution is -2.12. The molecule has 0 atom stereocenters. The Morgan fingerprint density at radius 1 is 1.00 bits per heavy atom. The second kappa shape index (κ2) is 9.67. The molecule has 4 aromatic rings. The van der Waals surface area contributed by atoms with E-state index >= 15 is 0 Å². The molecular formula is C25H19ClN2O5. The zero-order valence-electron chi connectivity index (χ0n) is 17.9. The number of ether oxygens (including phenoxy) is 3. The number of ketones is 1. The van der Waals surface area contributed by atoms with Crippen LogP contribution in [0.1, 0.15) is 23.0 Å². The molecular weight excluding hydrogens is 444 g/mol. The molecule has 4 rings (SSSR count). The molecule has 8 heteroatoms.